The molecule has 1 aliphatic rings. The second-order valence-corrected chi connectivity index (χ2v) is 4.19. The lowest BCUT2D eigenvalue weighted by Crippen LogP contribution is -1.98. The highest BCUT2D eigenvalue weighted by Crippen LogP contribution is 2.44. The number of nitrogen functional groups attached to an aromatic ring is 1. The normalized spacial score (nSPS) is 13.1. The second-order valence-electron chi connectivity index (χ2n) is 3.75. The average Bonchev–Trinajstić information content (AvgIpc) is 2.87. The first-order chi connectivity index (χ1) is 8.16. The van der Waals surface area contributed by atoms with Gasteiger partial charge in [0.15, 0.2) is 11.5 Å². The summed E-state index contributed by atoms with van der Waals surface area (Å²) in [7, 11) is 1.78. The largest absolute Gasteiger partial charge is 0.454 e. The highest BCUT2D eigenvalue weighted by molar-refractivity contribution is 6.31. The molecule has 5 nitrogen and oxygen atoms in total. The van der Waals surface area contributed by atoms with Crippen molar-refractivity contribution in [2.75, 3.05) is 12.5 Å². The standard InChI is InChI=1S/C11H10ClN3O2/c1-15-11(13)8(4-14-15)7-2-6(12)3-9-10(7)17-5-16-9/h2-4H,5,13H2,1H3. The molecule has 88 valence electrons. The van der Waals surface area contributed by atoms with Crippen LogP contribution in [0.2, 0.25) is 5.02 Å². The van der Waals surface area contributed by atoms with Crippen LogP contribution in [0.3, 0.4) is 0 Å². The van der Waals surface area contributed by atoms with Crippen molar-refractivity contribution in [2.24, 2.45) is 7.05 Å². The number of aromatic nitrogens is 2. The van der Waals surface area contributed by atoms with Crippen LogP contribution < -0.4 is 15.2 Å². The fraction of sp³-hybridized carbons (Fsp3) is 0.182. The van der Waals surface area contributed by atoms with Gasteiger partial charge in [0.2, 0.25) is 6.79 Å². The van der Waals surface area contributed by atoms with Crippen LogP contribution in [0, 0.1) is 0 Å². The fourth-order valence-corrected chi connectivity index (χ4v) is 2.04. The summed E-state index contributed by atoms with van der Waals surface area (Å²) in [5.74, 6) is 1.86. The maximum Gasteiger partial charge on any atom is 0.231 e. The zero-order valence-electron chi connectivity index (χ0n) is 9.11. The van der Waals surface area contributed by atoms with E-state index in [9.17, 15) is 0 Å². The van der Waals surface area contributed by atoms with Crippen molar-refractivity contribution in [3.8, 4) is 22.6 Å². The fourth-order valence-electron chi connectivity index (χ4n) is 1.83. The van der Waals surface area contributed by atoms with Crippen LogP contribution in [-0.4, -0.2) is 16.6 Å². The van der Waals surface area contributed by atoms with Crippen molar-refractivity contribution >= 4 is 17.4 Å². The minimum absolute atomic E-state index is 0.197. The number of hydrogen-bond donors (Lipinski definition) is 1. The van der Waals surface area contributed by atoms with E-state index in [2.05, 4.69) is 5.10 Å². The Bertz CT molecular complexity index is 595. The van der Waals surface area contributed by atoms with E-state index >= 15 is 0 Å². The number of nitrogens with two attached hydrogens (primary N) is 1. The van der Waals surface area contributed by atoms with E-state index < -0.39 is 0 Å². The van der Waals surface area contributed by atoms with Gasteiger partial charge in [0.25, 0.3) is 0 Å². The monoisotopic (exact) mass is 251 g/mol. The number of fused-ring (bicyclic) bond motifs is 1. The van der Waals surface area contributed by atoms with Crippen LogP contribution in [0.25, 0.3) is 11.1 Å². The first-order valence-electron chi connectivity index (χ1n) is 5.04. The van der Waals surface area contributed by atoms with E-state index in [-0.39, 0.29) is 6.79 Å². The van der Waals surface area contributed by atoms with Crippen LogP contribution in [0.4, 0.5) is 5.82 Å². The van der Waals surface area contributed by atoms with E-state index in [1.165, 1.54) is 0 Å². The summed E-state index contributed by atoms with van der Waals surface area (Å²) in [4.78, 5) is 0. The van der Waals surface area contributed by atoms with Crippen LogP contribution in [0.5, 0.6) is 11.5 Å². The molecule has 6 heteroatoms. The Morgan fingerprint density at radius 3 is 2.88 bits per heavy atom. The molecule has 2 heterocycles. The minimum atomic E-state index is 0.197. The molecule has 0 aliphatic carbocycles. The summed E-state index contributed by atoms with van der Waals surface area (Å²) >= 11 is 6.03. The van der Waals surface area contributed by atoms with E-state index in [4.69, 9.17) is 26.8 Å². The first kappa shape index (κ1) is 10.3. The molecule has 1 aromatic carbocycles. The topological polar surface area (TPSA) is 62.3 Å². The number of anilines is 1. The highest BCUT2D eigenvalue weighted by Gasteiger charge is 2.22. The van der Waals surface area contributed by atoms with E-state index in [1.54, 1.807) is 30.1 Å². The van der Waals surface area contributed by atoms with Gasteiger partial charge in [-0.05, 0) is 6.07 Å². The molecule has 0 saturated heterocycles. The van der Waals surface area contributed by atoms with Crippen molar-refractivity contribution in [2.45, 2.75) is 0 Å². The maximum atomic E-state index is 6.03. The Hall–Kier alpha value is -1.88. The summed E-state index contributed by atoms with van der Waals surface area (Å²) in [5, 5.41) is 4.68. The molecule has 0 spiro atoms. The van der Waals surface area contributed by atoms with Crippen LogP contribution in [0.1, 0.15) is 0 Å². The van der Waals surface area contributed by atoms with Gasteiger partial charge in [0.1, 0.15) is 5.82 Å². The number of halogens is 1. The molecule has 2 N–H and O–H groups in total. The third-order valence-electron chi connectivity index (χ3n) is 2.71. The van der Waals surface area contributed by atoms with Crippen molar-refractivity contribution in [3.05, 3.63) is 23.4 Å². The lowest BCUT2D eigenvalue weighted by Gasteiger charge is -2.06. The predicted octanol–water partition coefficient (Wildman–Crippen LogP) is 2.05. The van der Waals surface area contributed by atoms with Gasteiger partial charge in [-0.1, -0.05) is 11.6 Å². The number of nitrogens with zero attached hydrogens (tertiary/aromatic N) is 2. The summed E-state index contributed by atoms with van der Waals surface area (Å²) < 4.78 is 12.3. The summed E-state index contributed by atoms with van der Waals surface area (Å²) in [6.07, 6.45) is 1.68. The molecule has 0 amide bonds. The van der Waals surface area contributed by atoms with Crippen LogP contribution in [0.15, 0.2) is 18.3 Å². The van der Waals surface area contributed by atoms with Gasteiger partial charge in [-0.15, -0.1) is 0 Å². The molecule has 0 saturated carbocycles. The second kappa shape index (κ2) is 3.56. The highest BCUT2D eigenvalue weighted by atomic mass is 35.5. The molecule has 1 aliphatic heterocycles. The first-order valence-corrected chi connectivity index (χ1v) is 5.41. The Morgan fingerprint density at radius 1 is 1.35 bits per heavy atom. The zero-order valence-corrected chi connectivity index (χ0v) is 9.86. The quantitative estimate of drug-likeness (QED) is 0.843. The third kappa shape index (κ3) is 1.51. The van der Waals surface area contributed by atoms with Crippen molar-refractivity contribution < 1.29 is 9.47 Å². The van der Waals surface area contributed by atoms with Gasteiger partial charge in [-0.2, -0.15) is 5.10 Å². The van der Waals surface area contributed by atoms with Crippen LogP contribution >= 0.6 is 11.6 Å². The molecule has 3 rings (SSSR count). The number of benzene rings is 1. The maximum absolute atomic E-state index is 6.03. The van der Waals surface area contributed by atoms with Gasteiger partial charge in [0.05, 0.1) is 6.20 Å². The molecule has 1 aromatic heterocycles. The van der Waals surface area contributed by atoms with Gasteiger partial charge in [-0.25, -0.2) is 0 Å². The summed E-state index contributed by atoms with van der Waals surface area (Å²) in [5.41, 5.74) is 7.53. The molecular formula is C11H10ClN3O2. The Balaban J connectivity index is 2.24. The summed E-state index contributed by atoms with van der Waals surface area (Å²) in [6, 6.07) is 3.52. The van der Waals surface area contributed by atoms with E-state index in [0.717, 1.165) is 11.1 Å². The predicted molar refractivity (Wildman–Crippen MR) is 64.2 cm³/mol. The van der Waals surface area contributed by atoms with Crippen LogP contribution in [-0.2, 0) is 7.05 Å². The van der Waals surface area contributed by atoms with E-state index in [0.29, 0.717) is 22.3 Å². The molecule has 0 unspecified atom stereocenters. The molecule has 0 fully saturated rings. The number of rotatable bonds is 1. The lowest BCUT2D eigenvalue weighted by atomic mass is 10.1. The van der Waals surface area contributed by atoms with Gasteiger partial charge < -0.3 is 15.2 Å². The third-order valence-corrected chi connectivity index (χ3v) is 2.93. The molecule has 0 bridgehead atoms. The molecule has 17 heavy (non-hydrogen) atoms. The van der Waals surface area contributed by atoms with E-state index in [1.807, 2.05) is 0 Å². The van der Waals surface area contributed by atoms with Crippen molar-refractivity contribution in [1.29, 1.82) is 0 Å². The zero-order chi connectivity index (χ0) is 12.0. The smallest absolute Gasteiger partial charge is 0.231 e. The van der Waals surface area contributed by atoms with Crippen molar-refractivity contribution in [1.82, 2.24) is 9.78 Å². The van der Waals surface area contributed by atoms with Gasteiger partial charge in [-0.3, -0.25) is 4.68 Å². The molecular weight excluding hydrogens is 242 g/mol. The Labute approximate surface area is 103 Å². The Morgan fingerprint density at radius 2 is 2.18 bits per heavy atom. The van der Waals surface area contributed by atoms with Gasteiger partial charge in [0, 0.05) is 29.3 Å². The molecule has 0 atom stereocenters. The minimum Gasteiger partial charge on any atom is -0.454 e. The summed E-state index contributed by atoms with van der Waals surface area (Å²) in [6.45, 7) is 0.197. The number of hydrogen-bond acceptors (Lipinski definition) is 4. The van der Waals surface area contributed by atoms with Gasteiger partial charge >= 0.3 is 0 Å². The average molecular weight is 252 g/mol. The molecule has 0 radical (unpaired) electrons. The van der Waals surface area contributed by atoms with Crippen molar-refractivity contribution in [3.63, 3.8) is 0 Å². The number of ether oxygens (including phenoxy) is 2. The molecule has 2 aromatic rings. The number of aryl methyl sites for hydroxylation is 1. The Kier molecular flexibility index (Phi) is 2.16. The lowest BCUT2D eigenvalue weighted by molar-refractivity contribution is 0.174. The SMILES string of the molecule is Cn1ncc(-c2cc(Cl)cc3c2OCO3)c1N.